The van der Waals surface area contributed by atoms with Gasteiger partial charge in [-0.25, -0.2) is 4.39 Å². The zero-order valence-electron chi connectivity index (χ0n) is 18.3. The van der Waals surface area contributed by atoms with Crippen LogP contribution in [0.4, 0.5) is 4.39 Å². The lowest BCUT2D eigenvalue weighted by molar-refractivity contribution is 0.308. The molecule has 0 spiro atoms. The SMILES string of the molecule is CCCC1CCC(c2ccc(-c3ccc(-c4ccc(CC)cc4)cc3F)cc2)CC1. The molecule has 1 aliphatic rings. The molecule has 1 aliphatic carbocycles. The molecule has 0 amide bonds. The van der Waals surface area contributed by atoms with Gasteiger partial charge in [-0.3, -0.25) is 0 Å². The van der Waals surface area contributed by atoms with Gasteiger partial charge in [-0.15, -0.1) is 0 Å². The van der Waals surface area contributed by atoms with Crippen molar-refractivity contribution in [3.05, 3.63) is 83.7 Å². The lowest BCUT2D eigenvalue weighted by Gasteiger charge is -2.28. The maximum atomic E-state index is 14.9. The molecule has 1 heteroatoms. The molecule has 1 fully saturated rings. The van der Waals surface area contributed by atoms with Gasteiger partial charge in [0, 0.05) is 5.56 Å². The highest BCUT2D eigenvalue weighted by molar-refractivity contribution is 5.71. The van der Waals surface area contributed by atoms with Crippen molar-refractivity contribution >= 4 is 0 Å². The van der Waals surface area contributed by atoms with E-state index in [1.54, 1.807) is 6.07 Å². The Morgan fingerprint density at radius 2 is 1.37 bits per heavy atom. The van der Waals surface area contributed by atoms with Crippen molar-refractivity contribution in [3.63, 3.8) is 0 Å². The molecule has 0 aromatic heterocycles. The number of aryl methyl sites for hydroxylation is 1. The van der Waals surface area contributed by atoms with E-state index >= 15 is 0 Å². The van der Waals surface area contributed by atoms with Crippen molar-refractivity contribution in [1.82, 2.24) is 0 Å². The summed E-state index contributed by atoms with van der Waals surface area (Å²) >= 11 is 0. The fourth-order valence-electron chi connectivity index (χ4n) is 4.99. The smallest absolute Gasteiger partial charge is 0.131 e. The van der Waals surface area contributed by atoms with Crippen LogP contribution in [-0.4, -0.2) is 0 Å². The van der Waals surface area contributed by atoms with Crippen molar-refractivity contribution in [2.45, 2.75) is 64.7 Å². The van der Waals surface area contributed by atoms with E-state index in [1.165, 1.54) is 49.7 Å². The van der Waals surface area contributed by atoms with Gasteiger partial charge in [0.25, 0.3) is 0 Å². The summed E-state index contributed by atoms with van der Waals surface area (Å²) in [5.74, 6) is 1.45. The van der Waals surface area contributed by atoms with Gasteiger partial charge in [-0.2, -0.15) is 0 Å². The molecule has 0 bridgehead atoms. The molecule has 3 aromatic carbocycles. The van der Waals surface area contributed by atoms with Gasteiger partial charge >= 0.3 is 0 Å². The summed E-state index contributed by atoms with van der Waals surface area (Å²) in [6.07, 6.45) is 9.00. The molecule has 0 nitrogen and oxygen atoms in total. The highest BCUT2D eigenvalue weighted by atomic mass is 19.1. The lowest BCUT2D eigenvalue weighted by atomic mass is 9.77. The van der Waals surface area contributed by atoms with Crippen molar-refractivity contribution in [2.75, 3.05) is 0 Å². The normalized spacial score (nSPS) is 19.0. The van der Waals surface area contributed by atoms with Crippen LogP contribution in [0.3, 0.4) is 0 Å². The molecule has 0 aliphatic heterocycles. The van der Waals surface area contributed by atoms with Crippen LogP contribution in [0.25, 0.3) is 22.3 Å². The zero-order valence-corrected chi connectivity index (χ0v) is 18.3. The van der Waals surface area contributed by atoms with Crippen LogP contribution in [0.1, 0.15) is 69.4 Å². The molecule has 30 heavy (non-hydrogen) atoms. The Morgan fingerprint density at radius 1 is 0.733 bits per heavy atom. The molecular weight excluding hydrogens is 367 g/mol. The number of halogens is 1. The molecule has 156 valence electrons. The third-order valence-corrected chi connectivity index (χ3v) is 6.90. The van der Waals surface area contributed by atoms with Crippen molar-refractivity contribution in [3.8, 4) is 22.3 Å². The van der Waals surface area contributed by atoms with E-state index in [1.807, 2.05) is 12.1 Å². The Labute approximate surface area is 181 Å². The summed E-state index contributed by atoms with van der Waals surface area (Å²) in [6.45, 7) is 4.44. The van der Waals surface area contributed by atoms with E-state index < -0.39 is 0 Å². The Balaban J connectivity index is 1.47. The van der Waals surface area contributed by atoms with E-state index in [-0.39, 0.29) is 5.82 Å². The average molecular weight is 401 g/mol. The third-order valence-electron chi connectivity index (χ3n) is 6.90. The molecule has 0 unspecified atom stereocenters. The van der Waals surface area contributed by atoms with Gasteiger partial charge in [0.05, 0.1) is 0 Å². The first-order valence-electron chi connectivity index (χ1n) is 11.7. The minimum Gasteiger partial charge on any atom is -0.206 e. The van der Waals surface area contributed by atoms with Gasteiger partial charge < -0.3 is 0 Å². The molecule has 0 atom stereocenters. The van der Waals surface area contributed by atoms with E-state index in [0.29, 0.717) is 11.5 Å². The molecule has 0 saturated heterocycles. The maximum absolute atomic E-state index is 14.9. The number of hydrogen-bond donors (Lipinski definition) is 0. The highest BCUT2D eigenvalue weighted by Gasteiger charge is 2.21. The lowest BCUT2D eigenvalue weighted by Crippen LogP contribution is -2.13. The zero-order chi connectivity index (χ0) is 20.9. The van der Waals surface area contributed by atoms with Gasteiger partial charge in [0.15, 0.2) is 0 Å². The summed E-state index contributed by atoms with van der Waals surface area (Å²) < 4.78 is 14.9. The van der Waals surface area contributed by atoms with Crippen LogP contribution in [0.5, 0.6) is 0 Å². The minimum atomic E-state index is -0.153. The van der Waals surface area contributed by atoms with Crippen LogP contribution in [0.2, 0.25) is 0 Å². The standard InChI is InChI=1S/C29H33F/c1-3-5-22-8-12-23(13-9-22)24-14-16-26(17-15-24)28-19-18-27(20-29(28)30)25-10-6-21(4-2)7-11-25/h6-7,10-11,14-20,22-23H,3-5,8-9,12-13H2,1-2H3. The largest absolute Gasteiger partial charge is 0.206 e. The second-order valence-corrected chi connectivity index (χ2v) is 8.87. The summed E-state index contributed by atoms with van der Waals surface area (Å²) in [6, 6.07) is 22.7. The monoisotopic (exact) mass is 400 g/mol. The van der Waals surface area contributed by atoms with Crippen molar-refractivity contribution < 1.29 is 4.39 Å². The summed E-state index contributed by atoms with van der Waals surface area (Å²) in [5, 5.41) is 0. The molecule has 4 rings (SSSR count). The first kappa shape index (κ1) is 20.8. The van der Waals surface area contributed by atoms with Crippen LogP contribution in [0.15, 0.2) is 66.7 Å². The first-order valence-corrected chi connectivity index (χ1v) is 11.7. The summed E-state index contributed by atoms with van der Waals surface area (Å²) in [4.78, 5) is 0. The minimum absolute atomic E-state index is 0.153. The second-order valence-electron chi connectivity index (χ2n) is 8.87. The quantitative estimate of drug-likeness (QED) is 0.388. The van der Waals surface area contributed by atoms with Gasteiger partial charge in [0.2, 0.25) is 0 Å². The fourth-order valence-corrected chi connectivity index (χ4v) is 4.99. The van der Waals surface area contributed by atoms with E-state index in [2.05, 4.69) is 62.4 Å². The number of rotatable bonds is 6. The molecule has 0 N–H and O–H groups in total. The Kier molecular flexibility index (Phi) is 6.67. The number of benzene rings is 3. The second kappa shape index (κ2) is 9.60. The molecule has 3 aromatic rings. The number of hydrogen-bond acceptors (Lipinski definition) is 0. The third kappa shape index (κ3) is 4.67. The van der Waals surface area contributed by atoms with Crippen molar-refractivity contribution in [1.29, 1.82) is 0 Å². The Hall–Kier alpha value is -2.41. The van der Waals surface area contributed by atoms with Crippen molar-refractivity contribution in [2.24, 2.45) is 5.92 Å². The van der Waals surface area contributed by atoms with Gasteiger partial charge in [0.1, 0.15) is 5.82 Å². The molecular formula is C29H33F. The Bertz CT molecular complexity index is 945. The molecule has 0 heterocycles. The van der Waals surface area contributed by atoms with E-state index in [9.17, 15) is 4.39 Å². The van der Waals surface area contributed by atoms with Crippen LogP contribution in [-0.2, 0) is 6.42 Å². The summed E-state index contributed by atoms with van der Waals surface area (Å²) in [7, 11) is 0. The van der Waals surface area contributed by atoms with Gasteiger partial charge in [-0.1, -0.05) is 87.4 Å². The van der Waals surface area contributed by atoms with Crippen LogP contribution in [0, 0.1) is 11.7 Å². The fraction of sp³-hybridized carbons (Fsp3) is 0.379. The van der Waals surface area contributed by atoms with Crippen LogP contribution < -0.4 is 0 Å². The van der Waals surface area contributed by atoms with E-state index in [4.69, 9.17) is 0 Å². The Morgan fingerprint density at radius 3 is 1.97 bits per heavy atom. The average Bonchev–Trinajstić information content (AvgIpc) is 2.80. The molecule has 1 saturated carbocycles. The van der Waals surface area contributed by atoms with Crippen LogP contribution >= 0.6 is 0 Å². The highest BCUT2D eigenvalue weighted by Crippen LogP contribution is 2.38. The topological polar surface area (TPSA) is 0 Å². The van der Waals surface area contributed by atoms with Gasteiger partial charge in [-0.05, 0) is 77.8 Å². The predicted molar refractivity (Wildman–Crippen MR) is 126 cm³/mol. The first-order chi connectivity index (χ1) is 14.7. The summed E-state index contributed by atoms with van der Waals surface area (Å²) in [5.41, 5.74) is 6.36. The van der Waals surface area contributed by atoms with E-state index in [0.717, 1.165) is 29.0 Å². The maximum Gasteiger partial charge on any atom is 0.131 e. The molecule has 0 radical (unpaired) electrons. The predicted octanol–water partition coefficient (Wildman–Crippen LogP) is 8.80.